The Bertz CT molecular complexity index is 895. The minimum Gasteiger partial charge on any atom is -0.504 e. The largest absolute Gasteiger partial charge is 0.504 e. The van der Waals surface area contributed by atoms with Crippen LogP contribution in [0.3, 0.4) is 0 Å². The monoisotopic (exact) mass is 379 g/mol. The number of carbonyl (C=O) groups is 2. The molecule has 0 aromatic heterocycles. The first-order valence-corrected chi connectivity index (χ1v) is 8.26. The summed E-state index contributed by atoms with van der Waals surface area (Å²) >= 11 is 6.65. The average Bonchev–Trinajstić information content (AvgIpc) is 2.81. The molecule has 1 aliphatic heterocycles. The van der Waals surface area contributed by atoms with Gasteiger partial charge in [-0.1, -0.05) is 23.7 Å². The summed E-state index contributed by atoms with van der Waals surface area (Å²) in [6.45, 7) is -0.270. The molecular weight excluding hydrogens is 369 g/mol. The van der Waals surface area contributed by atoms with Crippen LogP contribution in [0.5, 0.6) is 11.5 Å². The van der Waals surface area contributed by atoms with E-state index in [1.807, 2.05) is 0 Å². The van der Waals surface area contributed by atoms with Crippen LogP contribution < -0.4 is 0 Å². The fraction of sp³-hybridized carbons (Fsp3) is 0.0588. The van der Waals surface area contributed by atoms with E-state index in [-0.39, 0.29) is 33.5 Å². The second-order valence-electron chi connectivity index (χ2n) is 5.22. The number of halogens is 2. The van der Waals surface area contributed by atoms with Gasteiger partial charge in [-0.05, 0) is 47.7 Å². The van der Waals surface area contributed by atoms with E-state index in [0.29, 0.717) is 17.3 Å². The van der Waals surface area contributed by atoms with Crippen LogP contribution in [-0.2, 0) is 11.3 Å². The van der Waals surface area contributed by atoms with Gasteiger partial charge in [0.1, 0.15) is 5.82 Å². The Kier molecular flexibility index (Phi) is 4.69. The summed E-state index contributed by atoms with van der Waals surface area (Å²) in [4.78, 5) is 25.6. The lowest BCUT2D eigenvalue weighted by Crippen LogP contribution is -2.28. The van der Waals surface area contributed by atoms with Gasteiger partial charge in [-0.15, -0.1) is 0 Å². The summed E-state index contributed by atoms with van der Waals surface area (Å²) in [6, 6.07) is 8.13. The first-order chi connectivity index (χ1) is 11.9. The molecule has 2 aromatic carbocycles. The van der Waals surface area contributed by atoms with Crippen LogP contribution in [0.4, 0.5) is 9.18 Å². The van der Waals surface area contributed by atoms with Crippen molar-refractivity contribution in [3.8, 4) is 11.5 Å². The standard InChI is InChI=1S/C17H11ClFNO4S/c18-11-2-1-3-12(19)10(11)8-20-16(23)15(25-17(20)24)7-9-4-5-13(21)14(22)6-9/h1-7,21-22H,8H2/b15-7+. The number of carbonyl (C=O) groups excluding carboxylic acids is 2. The van der Waals surface area contributed by atoms with Crippen molar-refractivity contribution in [2.45, 2.75) is 6.54 Å². The molecule has 2 N–H and O–H groups in total. The van der Waals surface area contributed by atoms with Gasteiger partial charge in [-0.2, -0.15) is 0 Å². The molecule has 1 heterocycles. The normalized spacial score (nSPS) is 16.1. The Hall–Kier alpha value is -2.51. The quantitative estimate of drug-likeness (QED) is 0.619. The van der Waals surface area contributed by atoms with Crippen LogP contribution in [-0.4, -0.2) is 26.3 Å². The summed E-state index contributed by atoms with van der Waals surface area (Å²) in [5, 5.41) is 18.4. The van der Waals surface area contributed by atoms with Crippen LogP contribution in [0.15, 0.2) is 41.3 Å². The van der Waals surface area contributed by atoms with Crippen LogP contribution >= 0.6 is 23.4 Å². The Morgan fingerprint density at radius 2 is 1.92 bits per heavy atom. The molecule has 25 heavy (non-hydrogen) atoms. The van der Waals surface area contributed by atoms with E-state index >= 15 is 0 Å². The molecule has 0 bridgehead atoms. The van der Waals surface area contributed by atoms with Crippen LogP contribution in [0, 0.1) is 5.82 Å². The number of imide groups is 1. The molecule has 0 radical (unpaired) electrons. The van der Waals surface area contributed by atoms with E-state index in [4.69, 9.17) is 11.6 Å². The Balaban J connectivity index is 1.87. The molecule has 1 aliphatic rings. The zero-order valence-corrected chi connectivity index (χ0v) is 14.1. The van der Waals surface area contributed by atoms with E-state index in [0.717, 1.165) is 4.90 Å². The lowest BCUT2D eigenvalue weighted by atomic mass is 10.1. The highest BCUT2D eigenvalue weighted by Crippen LogP contribution is 2.35. The third kappa shape index (κ3) is 3.47. The lowest BCUT2D eigenvalue weighted by molar-refractivity contribution is -0.123. The minimum atomic E-state index is -0.598. The van der Waals surface area contributed by atoms with E-state index in [1.54, 1.807) is 0 Å². The lowest BCUT2D eigenvalue weighted by Gasteiger charge is -2.14. The fourth-order valence-corrected chi connectivity index (χ4v) is 3.32. The maximum Gasteiger partial charge on any atom is 0.293 e. The topological polar surface area (TPSA) is 77.8 Å². The van der Waals surface area contributed by atoms with Gasteiger partial charge in [-0.3, -0.25) is 14.5 Å². The molecule has 0 spiro atoms. The number of hydrogen-bond donors (Lipinski definition) is 2. The van der Waals surface area contributed by atoms with E-state index in [9.17, 15) is 24.2 Å². The highest BCUT2D eigenvalue weighted by Gasteiger charge is 2.35. The highest BCUT2D eigenvalue weighted by molar-refractivity contribution is 8.18. The van der Waals surface area contributed by atoms with Crippen molar-refractivity contribution < 1.29 is 24.2 Å². The van der Waals surface area contributed by atoms with Crippen molar-refractivity contribution in [1.82, 2.24) is 4.90 Å². The zero-order valence-electron chi connectivity index (χ0n) is 12.6. The molecule has 0 saturated carbocycles. The number of amides is 2. The highest BCUT2D eigenvalue weighted by atomic mass is 35.5. The van der Waals surface area contributed by atoms with Gasteiger partial charge < -0.3 is 10.2 Å². The Labute approximate surface area is 151 Å². The molecule has 5 nitrogen and oxygen atoms in total. The number of benzene rings is 2. The average molecular weight is 380 g/mol. The molecule has 0 atom stereocenters. The molecule has 0 aliphatic carbocycles. The molecule has 1 fully saturated rings. The smallest absolute Gasteiger partial charge is 0.293 e. The third-order valence-corrected chi connectivity index (χ3v) is 4.81. The molecule has 1 saturated heterocycles. The van der Waals surface area contributed by atoms with Crippen molar-refractivity contribution in [2.75, 3.05) is 0 Å². The van der Waals surface area contributed by atoms with Crippen molar-refractivity contribution in [3.05, 3.63) is 63.3 Å². The summed E-state index contributed by atoms with van der Waals surface area (Å²) in [6.07, 6.45) is 1.41. The molecular formula is C17H11ClFNO4S. The molecule has 2 amide bonds. The number of hydrogen-bond acceptors (Lipinski definition) is 5. The third-order valence-electron chi connectivity index (χ3n) is 3.55. The van der Waals surface area contributed by atoms with Gasteiger partial charge in [0, 0.05) is 10.6 Å². The van der Waals surface area contributed by atoms with Crippen LogP contribution in [0.1, 0.15) is 11.1 Å². The number of thioether (sulfide) groups is 1. The SMILES string of the molecule is O=C1S/C(=C/c2ccc(O)c(O)c2)C(=O)N1Cc1c(F)cccc1Cl. The maximum atomic E-state index is 13.9. The van der Waals surface area contributed by atoms with Crippen molar-refractivity contribution in [1.29, 1.82) is 0 Å². The maximum absolute atomic E-state index is 13.9. The summed E-state index contributed by atoms with van der Waals surface area (Å²) < 4.78 is 13.9. The number of phenols is 2. The minimum absolute atomic E-state index is 0.0648. The molecule has 8 heteroatoms. The molecule has 128 valence electrons. The van der Waals surface area contributed by atoms with Crippen LogP contribution in [0.25, 0.3) is 6.08 Å². The van der Waals surface area contributed by atoms with Gasteiger partial charge in [0.05, 0.1) is 11.4 Å². The van der Waals surface area contributed by atoms with Crippen LogP contribution in [0.2, 0.25) is 5.02 Å². The first kappa shape index (κ1) is 17.3. The second kappa shape index (κ2) is 6.78. The summed E-state index contributed by atoms with van der Waals surface area (Å²) in [7, 11) is 0. The predicted molar refractivity (Wildman–Crippen MR) is 92.7 cm³/mol. The Morgan fingerprint density at radius 3 is 2.60 bits per heavy atom. The van der Waals surface area contributed by atoms with Gasteiger partial charge in [0.15, 0.2) is 11.5 Å². The fourth-order valence-electron chi connectivity index (χ4n) is 2.26. The van der Waals surface area contributed by atoms with Gasteiger partial charge >= 0.3 is 0 Å². The van der Waals surface area contributed by atoms with E-state index in [2.05, 4.69) is 0 Å². The zero-order chi connectivity index (χ0) is 18.1. The first-order valence-electron chi connectivity index (χ1n) is 7.07. The van der Waals surface area contributed by atoms with E-state index < -0.39 is 17.0 Å². The van der Waals surface area contributed by atoms with Gasteiger partial charge in [0.2, 0.25) is 0 Å². The molecule has 0 unspecified atom stereocenters. The number of nitrogens with zero attached hydrogens (tertiary/aromatic N) is 1. The molecule has 3 rings (SSSR count). The van der Waals surface area contributed by atoms with Gasteiger partial charge in [-0.25, -0.2) is 4.39 Å². The van der Waals surface area contributed by atoms with Crippen molar-refractivity contribution in [2.24, 2.45) is 0 Å². The second-order valence-corrected chi connectivity index (χ2v) is 6.62. The number of phenolic OH excluding ortho intramolecular Hbond substituents is 2. The Morgan fingerprint density at radius 1 is 1.16 bits per heavy atom. The molecule has 2 aromatic rings. The van der Waals surface area contributed by atoms with Crippen molar-refractivity contribution >= 4 is 40.6 Å². The van der Waals surface area contributed by atoms with Gasteiger partial charge in [0.25, 0.3) is 11.1 Å². The number of aromatic hydroxyl groups is 2. The van der Waals surface area contributed by atoms with E-state index in [1.165, 1.54) is 42.5 Å². The van der Waals surface area contributed by atoms with Crippen molar-refractivity contribution in [3.63, 3.8) is 0 Å². The predicted octanol–water partition coefficient (Wildman–Crippen LogP) is 4.13. The summed E-state index contributed by atoms with van der Waals surface area (Å²) in [5.41, 5.74) is 0.500. The summed E-state index contributed by atoms with van der Waals surface area (Å²) in [5.74, 6) is -1.81. The number of rotatable bonds is 3.